The molecule has 2 N–H and O–H groups in total. The molecule has 1 unspecified atom stereocenters. The van der Waals surface area contributed by atoms with Gasteiger partial charge in [0.1, 0.15) is 6.34 Å². The van der Waals surface area contributed by atoms with Gasteiger partial charge < -0.3 is 10.2 Å². The first-order chi connectivity index (χ1) is 13.0. The van der Waals surface area contributed by atoms with Crippen molar-refractivity contribution < 1.29 is 4.79 Å². The number of hydrogen-bond donors (Lipinski definition) is 2. The van der Waals surface area contributed by atoms with Crippen LogP contribution in [0.2, 0.25) is 0 Å². The number of hydrazone groups is 2. The molecule has 1 amide bonds. The molecule has 0 fully saturated rings. The van der Waals surface area contributed by atoms with Crippen molar-refractivity contribution in [3.8, 4) is 0 Å². The Morgan fingerprint density at radius 3 is 2.63 bits per heavy atom. The lowest BCUT2D eigenvalue weighted by molar-refractivity contribution is -0.110. The fraction of sp³-hybridized carbons (Fsp3) is 0.211. The first-order valence-electron chi connectivity index (χ1n) is 8.54. The van der Waals surface area contributed by atoms with Crippen LogP contribution in [0, 0.1) is 13.8 Å². The molecule has 2 aliphatic rings. The van der Waals surface area contributed by atoms with Gasteiger partial charge in [0.15, 0.2) is 5.04 Å². The Kier molecular flexibility index (Phi) is 4.27. The minimum Gasteiger partial charge on any atom is -0.320 e. The van der Waals surface area contributed by atoms with Crippen molar-refractivity contribution >= 4 is 40.4 Å². The number of benzene rings is 2. The van der Waals surface area contributed by atoms with E-state index < -0.39 is 5.12 Å². The summed E-state index contributed by atoms with van der Waals surface area (Å²) in [6.07, 6.45) is 1.68. The minimum absolute atomic E-state index is 0.244. The third-order valence-electron chi connectivity index (χ3n) is 4.46. The van der Waals surface area contributed by atoms with E-state index in [4.69, 9.17) is 0 Å². The van der Waals surface area contributed by atoms with E-state index in [0.29, 0.717) is 5.04 Å². The number of nitrogens with zero attached hydrogens (tertiary/aromatic N) is 4. The summed E-state index contributed by atoms with van der Waals surface area (Å²) in [5.41, 5.74) is 6.90. The molecule has 0 aromatic heterocycles. The lowest BCUT2D eigenvalue weighted by Gasteiger charge is -2.37. The fourth-order valence-electron chi connectivity index (χ4n) is 3.03. The molecule has 1 spiro atoms. The Hall–Kier alpha value is -3.00. The Bertz CT molecular complexity index is 944. The number of thioether (sulfide) groups is 1. The molecule has 8 heteroatoms. The van der Waals surface area contributed by atoms with E-state index in [2.05, 4.69) is 20.9 Å². The molecule has 0 aliphatic carbocycles. The maximum atomic E-state index is 12.9. The summed E-state index contributed by atoms with van der Waals surface area (Å²) in [4.78, 5) is 14.8. The van der Waals surface area contributed by atoms with E-state index in [9.17, 15) is 4.79 Å². The van der Waals surface area contributed by atoms with Crippen LogP contribution in [0.15, 0.2) is 58.7 Å². The van der Waals surface area contributed by atoms with E-state index in [1.54, 1.807) is 11.3 Å². The number of carbonyl (C=O) groups excluding carboxylic acids is 1. The monoisotopic (exact) mass is 380 g/mol. The van der Waals surface area contributed by atoms with Crippen molar-refractivity contribution in [2.24, 2.45) is 10.2 Å². The molecule has 7 nitrogen and oxygen atoms in total. The highest BCUT2D eigenvalue weighted by Crippen LogP contribution is 2.41. The highest BCUT2D eigenvalue weighted by Gasteiger charge is 2.51. The highest BCUT2D eigenvalue weighted by molar-refractivity contribution is 8.17. The van der Waals surface area contributed by atoms with Gasteiger partial charge in [-0.1, -0.05) is 35.9 Å². The van der Waals surface area contributed by atoms with Gasteiger partial charge in [0, 0.05) is 12.7 Å². The molecule has 4 rings (SSSR count). The average molecular weight is 380 g/mol. The molecule has 1 atom stereocenters. The summed E-state index contributed by atoms with van der Waals surface area (Å²) >= 11 is 1.32. The van der Waals surface area contributed by atoms with E-state index in [0.717, 1.165) is 22.5 Å². The van der Waals surface area contributed by atoms with E-state index in [1.165, 1.54) is 11.8 Å². The Labute approximate surface area is 162 Å². The number of amides is 1. The predicted molar refractivity (Wildman–Crippen MR) is 111 cm³/mol. The second kappa shape index (κ2) is 6.62. The second-order valence-corrected chi connectivity index (χ2v) is 7.66. The number of hydrogen-bond acceptors (Lipinski definition) is 7. The van der Waals surface area contributed by atoms with Crippen molar-refractivity contribution in [3.63, 3.8) is 0 Å². The predicted octanol–water partition coefficient (Wildman–Crippen LogP) is 2.90. The minimum atomic E-state index is -0.795. The molecule has 0 radical (unpaired) electrons. The van der Waals surface area contributed by atoms with Crippen LogP contribution >= 0.6 is 11.8 Å². The maximum Gasteiger partial charge on any atom is 0.282 e. The normalized spacial score (nSPS) is 20.8. The van der Waals surface area contributed by atoms with Gasteiger partial charge in [-0.05, 0) is 49.4 Å². The smallest absolute Gasteiger partial charge is 0.282 e. The van der Waals surface area contributed by atoms with E-state index in [1.807, 2.05) is 74.3 Å². The van der Waals surface area contributed by atoms with Crippen LogP contribution in [0.5, 0.6) is 0 Å². The first kappa shape index (κ1) is 17.4. The summed E-state index contributed by atoms with van der Waals surface area (Å²) in [7, 11) is 1.90. The molecule has 27 heavy (non-hydrogen) atoms. The van der Waals surface area contributed by atoms with Gasteiger partial charge in [0.25, 0.3) is 11.0 Å². The Morgan fingerprint density at radius 1 is 1.19 bits per heavy atom. The molecule has 0 bridgehead atoms. The summed E-state index contributed by atoms with van der Waals surface area (Å²) in [6, 6.07) is 15.6. The molecule has 2 aromatic rings. The molecule has 2 aromatic carbocycles. The van der Waals surface area contributed by atoms with Crippen LogP contribution in [0.25, 0.3) is 0 Å². The van der Waals surface area contributed by atoms with Crippen LogP contribution in [-0.4, -0.2) is 34.4 Å². The van der Waals surface area contributed by atoms with Gasteiger partial charge in [-0.2, -0.15) is 10.2 Å². The van der Waals surface area contributed by atoms with Gasteiger partial charge >= 0.3 is 0 Å². The number of para-hydroxylation sites is 1. The zero-order valence-electron chi connectivity index (χ0n) is 15.3. The summed E-state index contributed by atoms with van der Waals surface area (Å²) in [5.74, 6) is -0.244. The maximum absolute atomic E-state index is 12.9. The summed E-state index contributed by atoms with van der Waals surface area (Å²) in [6.45, 7) is 4.00. The lowest BCUT2D eigenvalue weighted by Crippen LogP contribution is -2.57. The highest BCUT2D eigenvalue weighted by atomic mass is 32.2. The van der Waals surface area contributed by atoms with Crippen LogP contribution in [0.4, 0.5) is 11.4 Å². The van der Waals surface area contributed by atoms with E-state index >= 15 is 0 Å². The van der Waals surface area contributed by atoms with Gasteiger partial charge in [0.2, 0.25) is 0 Å². The second-order valence-electron chi connectivity index (χ2n) is 6.50. The molecule has 0 saturated carbocycles. The van der Waals surface area contributed by atoms with Gasteiger partial charge in [-0.15, -0.1) is 0 Å². The zero-order chi connectivity index (χ0) is 19.0. The van der Waals surface area contributed by atoms with Crippen molar-refractivity contribution in [1.82, 2.24) is 10.3 Å². The molecule has 138 valence electrons. The summed E-state index contributed by atoms with van der Waals surface area (Å²) in [5, 5.41) is 13.1. The molecule has 2 aliphatic heterocycles. The van der Waals surface area contributed by atoms with Crippen LogP contribution in [0.3, 0.4) is 0 Å². The standard InChI is InChI=1S/C19H20N6OS/c1-13-9-10-16(14(2)11-13)21-17(26)18-22-25(15-7-5-4-6-8-15)19(27-18)23-20-12-24(19)3/h4-12,23H,1-3H3,(H,21,26). The van der Waals surface area contributed by atoms with Crippen molar-refractivity contribution in [3.05, 3.63) is 59.7 Å². The van der Waals surface area contributed by atoms with E-state index in [-0.39, 0.29) is 5.91 Å². The average Bonchev–Trinajstić information content (AvgIpc) is 3.23. The fourth-order valence-corrected chi connectivity index (χ4v) is 4.09. The number of anilines is 2. The molecule has 2 heterocycles. The van der Waals surface area contributed by atoms with Crippen molar-refractivity contribution in [2.75, 3.05) is 17.4 Å². The van der Waals surface area contributed by atoms with Crippen LogP contribution < -0.4 is 15.8 Å². The summed E-state index contributed by atoms with van der Waals surface area (Å²) < 4.78 is 0. The Morgan fingerprint density at radius 2 is 1.96 bits per heavy atom. The number of aryl methyl sites for hydroxylation is 2. The van der Waals surface area contributed by atoms with Crippen LogP contribution in [0.1, 0.15) is 11.1 Å². The van der Waals surface area contributed by atoms with Gasteiger partial charge in [0.05, 0.1) is 5.69 Å². The number of nitrogens with one attached hydrogen (secondary N) is 2. The number of carbonyl (C=O) groups is 1. The Balaban J connectivity index is 1.64. The SMILES string of the molecule is Cc1ccc(NC(=O)C2=NN(c3ccccc3)C3(NN=CN3C)S2)c(C)c1. The van der Waals surface area contributed by atoms with Crippen molar-refractivity contribution in [1.29, 1.82) is 0 Å². The molecular formula is C19H20N6OS. The lowest BCUT2D eigenvalue weighted by atomic mass is 10.1. The van der Waals surface area contributed by atoms with Gasteiger partial charge in [-0.3, -0.25) is 10.2 Å². The zero-order valence-corrected chi connectivity index (χ0v) is 16.1. The molecular weight excluding hydrogens is 360 g/mol. The van der Waals surface area contributed by atoms with Crippen molar-refractivity contribution in [2.45, 2.75) is 19.0 Å². The third-order valence-corrected chi connectivity index (χ3v) is 5.76. The molecule has 0 saturated heterocycles. The largest absolute Gasteiger partial charge is 0.320 e. The van der Waals surface area contributed by atoms with Crippen LogP contribution in [-0.2, 0) is 4.79 Å². The number of rotatable bonds is 3. The first-order valence-corrected chi connectivity index (χ1v) is 9.36. The third kappa shape index (κ3) is 3.02. The quantitative estimate of drug-likeness (QED) is 0.857. The topological polar surface area (TPSA) is 72.3 Å². The van der Waals surface area contributed by atoms with Gasteiger partial charge in [-0.25, -0.2) is 5.01 Å².